The first-order chi connectivity index (χ1) is 14.6. The van der Waals surface area contributed by atoms with Gasteiger partial charge in [-0.15, -0.1) is 0 Å². The highest BCUT2D eigenvalue weighted by atomic mass is 16.6. The number of carbonyl (C=O) groups excluding carboxylic acids is 2. The van der Waals surface area contributed by atoms with E-state index in [2.05, 4.69) is 30.7 Å². The number of ether oxygens (including phenoxy) is 2. The molecule has 31 heavy (non-hydrogen) atoms. The molecule has 1 amide bonds. The number of alkyl carbamates (subject to hydrolysis) is 1. The maximum Gasteiger partial charge on any atom is 0.407 e. The van der Waals surface area contributed by atoms with Crippen molar-refractivity contribution in [3.63, 3.8) is 0 Å². The summed E-state index contributed by atoms with van der Waals surface area (Å²) in [5, 5.41) is 19.9. The van der Waals surface area contributed by atoms with Gasteiger partial charge in [-0.2, -0.15) is 4.98 Å². The van der Waals surface area contributed by atoms with Gasteiger partial charge in [-0.3, -0.25) is 14.9 Å². The zero-order valence-corrected chi connectivity index (χ0v) is 18.3. The van der Waals surface area contributed by atoms with Crippen LogP contribution in [0.3, 0.4) is 0 Å². The Balaban J connectivity index is 1.87. The fourth-order valence-corrected chi connectivity index (χ4v) is 3.17. The molecule has 0 aromatic carbocycles. The summed E-state index contributed by atoms with van der Waals surface area (Å²) in [5.41, 5.74) is -0.786. The standard InChI is InChI=1S/C19H30N6O6/c1-19(2,3)31-18(27)23-13-7-5-12(6-8-13)9-20-16-14(25(28)29)10-21-17(24-16)22-11-15(26)30-4/h10,12-13H,5-9,11H2,1-4H3,(H,23,27)(H2,20,21,22,24). The van der Waals surface area contributed by atoms with Crippen molar-refractivity contribution >= 4 is 29.5 Å². The summed E-state index contributed by atoms with van der Waals surface area (Å²) in [6.45, 7) is 5.80. The van der Waals surface area contributed by atoms with Crippen LogP contribution >= 0.6 is 0 Å². The molecule has 0 spiro atoms. The van der Waals surface area contributed by atoms with Crippen LogP contribution in [-0.2, 0) is 14.3 Å². The lowest BCUT2D eigenvalue weighted by molar-refractivity contribution is -0.384. The molecular weight excluding hydrogens is 408 g/mol. The van der Waals surface area contributed by atoms with Crippen LogP contribution in [0.5, 0.6) is 0 Å². The molecule has 0 bridgehead atoms. The average molecular weight is 438 g/mol. The van der Waals surface area contributed by atoms with E-state index in [0.29, 0.717) is 6.54 Å². The zero-order chi connectivity index (χ0) is 23.0. The first-order valence-electron chi connectivity index (χ1n) is 10.1. The Morgan fingerprint density at radius 2 is 1.90 bits per heavy atom. The van der Waals surface area contributed by atoms with Gasteiger partial charge in [-0.1, -0.05) is 0 Å². The van der Waals surface area contributed by atoms with Gasteiger partial charge in [0.15, 0.2) is 0 Å². The molecule has 2 rings (SSSR count). The molecule has 0 atom stereocenters. The highest BCUT2D eigenvalue weighted by Gasteiger charge is 2.26. The van der Waals surface area contributed by atoms with E-state index in [4.69, 9.17) is 4.74 Å². The van der Waals surface area contributed by atoms with Gasteiger partial charge in [0.1, 0.15) is 18.3 Å². The van der Waals surface area contributed by atoms with Gasteiger partial charge in [-0.05, 0) is 52.4 Å². The van der Waals surface area contributed by atoms with Gasteiger partial charge in [0.25, 0.3) is 0 Å². The smallest absolute Gasteiger partial charge is 0.407 e. The fourth-order valence-electron chi connectivity index (χ4n) is 3.17. The molecule has 1 aliphatic carbocycles. The Kier molecular flexibility index (Phi) is 8.34. The maximum absolute atomic E-state index is 11.9. The van der Waals surface area contributed by atoms with Gasteiger partial charge in [0.2, 0.25) is 11.8 Å². The third-order valence-electron chi connectivity index (χ3n) is 4.71. The van der Waals surface area contributed by atoms with E-state index in [1.54, 1.807) is 0 Å². The van der Waals surface area contributed by atoms with E-state index in [0.717, 1.165) is 31.9 Å². The normalized spacial score (nSPS) is 18.6. The number of hydrogen-bond acceptors (Lipinski definition) is 10. The van der Waals surface area contributed by atoms with Crippen LogP contribution in [0, 0.1) is 16.0 Å². The van der Waals surface area contributed by atoms with E-state index in [9.17, 15) is 19.7 Å². The second-order valence-corrected chi connectivity index (χ2v) is 8.36. The summed E-state index contributed by atoms with van der Waals surface area (Å²) >= 11 is 0. The Bertz CT molecular complexity index is 789. The van der Waals surface area contributed by atoms with Crippen LogP contribution in [0.1, 0.15) is 46.5 Å². The number of rotatable bonds is 8. The lowest BCUT2D eigenvalue weighted by Gasteiger charge is -2.30. The number of aromatic nitrogens is 2. The van der Waals surface area contributed by atoms with Crippen molar-refractivity contribution in [3.05, 3.63) is 16.3 Å². The van der Waals surface area contributed by atoms with E-state index in [1.807, 2.05) is 20.8 Å². The van der Waals surface area contributed by atoms with E-state index in [-0.39, 0.29) is 36.0 Å². The maximum atomic E-state index is 11.9. The monoisotopic (exact) mass is 438 g/mol. The highest BCUT2D eigenvalue weighted by Crippen LogP contribution is 2.27. The number of hydrogen-bond donors (Lipinski definition) is 3. The third-order valence-corrected chi connectivity index (χ3v) is 4.71. The molecule has 12 nitrogen and oxygen atoms in total. The lowest BCUT2D eigenvalue weighted by atomic mass is 9.86. The summed E-state index contributed by atoms with van der Waals surface area (Å²) in [6.07, 6.45) is 3.96. The largest absolute Gasteiger partial charge is 0.468 e. The number of esters is 1. The Morgan fingerprint density at radius 1 is 1.23 bits per heavy atom. The van der Waals surface area contributed by atoms with Crippen LogP contribution in [0.25, 0.3) is 0 Å². The predicted molar refractivity (Wildman–Crippen MR) is 113 cm³/mol. The quantitative estimate of drug-likeness (QED) is 0.313. The second-order valence-electron chi connectivity index (χ2n) is 8.36. The minimum atomic E-state index is -0.561. The molecule has 1 saturated carbocycles. The Hall–Kier alpha value is -3.18. The molecule has 1 aliphatic rings. The SMILES string of the molecule is COC(=O)CNc1ncc([N+](=O)[O-])c(NCC2CCC(NC(=O)OC(C)(C)C)CC2)n1. The highest BCUT2D eigenvalue weighted by molar-refractivity contribution is 5.74. The molecular formula is C19H30N6O6. The molecule has 1 aromatic heterocycles. The molecule has 0 radical (unpaired) electrons. The molecule has 3 N–H and O–H groups in total. The Labute approximate surface area is 180 Å². The summed E-state index contributed by atoms with van der Waals surface area (Å²) in [6, 6.07) is 0.0496. The number of amides is 1. The number of nitro groups is 1. The van der Waals surface area contributed by atoms with Gasteiger partial charge in [0.05, 0.1) is 12.0 Å². The minimum Gasteiger partial charge on any atom is -0.468 e. The van der Waals surface area contributed by atoms with Gasteiger partial charge < -0.3 is 25.4 Å². The minimum absolute atomic E-state index is 0.0496. The van der Waals surface area contributed by atoms with Gasteiger partial charge in [-0.25, -0.2) is 9.78 Å². The average Bonchev–Trinajstić information content (AvgIpc) is 2.69. The molecule has 172 valence electrons. The van der Waals surface area contributed by atoms with Crippen molar-refractivity contribution in [2.45, 2.75) is 58.1 Å². The molecule has 0 aliphatic heterocycles. The number of nitrogens with zero attached hydrogens (tertiary/aromatic N) is 3. The molecule has 1 fully saturated rings. The molecule has 0 unspecified atom stereocenters. The van der Waals surface area contributed by atoms with Crippen molar-refractivity contribution in [2.75, 3.05) is 30.8 Å². The number of anilines is 2. The number of nitrogens with one attached hydrogen (secondary N) is 3. The fraction of sp³-hybridized carbons (Fsp3) is 0.684. The number of methoxy groups -OCH3 is 1. The first-order valence-corrected chi connectivity index (χ1v) is 10.1. The summed E-state index contributed by atoms with van der Waals surface area (Å²) in [5.74, 6) is -0.0592. The van der Waals surface area contributed by atoms with E-state index < -0.39 is 22.6 Å². The summed E-state index contributed by atoms with van der Waals surface area (Å²) < 4.78 is 9.82. The number of carbonyl (C=O) groups is 2. The van der Waals surface area contributed by atoms with Crippen molar-refractivity contribution in [1.29, 1.82) is 0 Å². The van der Waals surface area contributed by atoms with Crippen molar-refractivity contribution in [3.8, 4) is 0 Å². The Morgan fingerprint density at radius 3 is 2.48 bits per heavy atom. The van der Waals surface area contributed by atoms with Crippen LogP contribution in [-0.4, -0.2) is 58.8 Å². The van der Waals surface area contributed by atoms with Crippen molar-refractivity contribution < 1.29 is 24.0 Å². The second kappa shape index (κ2) is 10.7. The van der Waals surface area contributed by atoms with Crippen LogP contribution in [0.15, 0.2) is 6.20 Å². The van der Waals surface area contributed by atoms with Gasteiger partial charge >= 0.3 is 17.7 Å². The molecule has 1 aromatic rings. The van der Waals surface area contributed by atoms with E-state index in [1.165, 1.54) is 7.11 Å². The summed E-state index contributed by atoms with van der Waals surface area (Å²) in [4.78, 5) is 41.8. The van der Waals surface area contributed by atoms with E-state index >= 15 is 0 Å². The van der Waals surface area contributed by atoms with Crippen LogP contribution in [0.2, 0.25) is 0 Å². The zero-order valence-electron chi connectivity index (χ0n) is 18.3. The van der Waals surface area contributed by atoms with Gasteiger partial charge in [0, 0.05) is 12.6 Å². The van der Waals surface area contributed by atoms with Crippen molar-refractivity contribution in [1.82, 2.24) is 15.3 Å². The molecule has 1 heterocycles. The van der Waals surface area contributed by atoms with Crippen LogP contribution < -0.4 is 16.0 Å². The topological polar surface area (TPSA) is 158 Å². The van der Waals surface area contributed by atoms with Crippen molar-refractivity contribution in [2.24, 2.45) is 5.92 Å². The predicted octanol–water partition coefficient (Wildman–Crippen LogP) is 2.47. The molecule has 0 saturated heterocycles. The van der Waals surface area contributed by atoms with Crippen LogP contribution in [0.4, 0.5) is 22.2 Å². The first kappa shape index (κ1) is 24.1. The summed E-state index contributed by atoms with van der Waals surface area (Å²) in [7, 11) is 1.26. The third kappa shape index (κ3) is 8.22. The molecule has 12 heteroatoms. The lowest BCUT2D eigenvalue weighted by Crippen LogP contribution is -2.41.